The first-order valence-electron chi connectivity index (χ1n) is 6.60. The SMILES string of the molecule is CNC(=O)[C@H](Cc1cnc[nH]1)NC(=O)CCN.O=C(O)C(F)(F)F. The Hall–Kier alpha value is -2.63. The number of amides is 2. The first-order valence-corrected chi connectivity index (χ1v) is 6.60. The van der Waals surface area contributed by atoms with Crippen LogP contribution in [0.5, 0.6) is 0 Å². The number of imidazole rings is 1. The summed E-state index contributed by atoms with van der Waals surface area (Å²) in [6.45, 7) is 0.260. The highest BCUT2D eigenvalue weighted by Crippen LogP contribution is 2.13. The molecule has 1 heterocycles. The fraction of sp³-hybridized carbons (Fsp3) is 0.500. The van der Waals surface area contributed by atoms with E-state index in [9.17, 15) is 22.8 Å². The van der Waals surface area contributed by atoms with Gasteiger partial charge < -0.3 is 26.5 Å². The number of halogens is 3. The molecule has 6 N–H and O–H groups in total. The molecule has 0 radical (unpaired) electrons. The maximum Gasteiger partial charge on any atom is 0.490 e. The molecule has 0 saturated heterocycles. The molecule has 9 nitrogen and oxygen atoms in total. The highest BCUT2D eigenvalue weighted by Gasteiger charge is 2.38. The third-order valence-electron chi connectivity index (χ3n) is 2.49. The minimum Gasteiger partial charge on any atom is -0.475 e. The molecule has 0 spiro atoms. The van der Waals surface area contributed by atoms with Crippen LogP contribution in [0.15, 0.2) is 12.5 Å². The van der Waals surface area contributed by atoms with E-state index < -0.39 is 18.2 Å². The van der Waals surface area contributed by atoms with E-state index in [-0.39, 0.29) is 24.8 Å². The lowest BCUT2D eigenvalue weighted by Crippen LogP contribution is -2.47. The van der Waals surface area contributed by atoms with Gasteiger partial charge in [-0.2, -0.15) is 13.2 Å². The van der Waals surface area contributed by atoms with Crippen molar-refractivity contribution < 1.29 is 32.7 Å². The van der Waals surface area contributed by atoms with Gasteiger partial charge in [0.1, 0.15) is 6.04 Å². The Morgan fingerprint density at radius 2 is 2.00 bits per heavy atom. The first-order chi connectivity index (χ1) is 11.1. The van der Waals surface area contributed by atoms with Gasteiger partial charge >= 0.3 is 12.1 Å². The minimum atomic E-state index is -5.08. The second kappa shape index (κ2) is 10.2. The van der Waals surface area contributed by atoms with Gasteiger partial charge in [-0.25, -0.2) is 9.78 Å². The molecule has 136 valence electrons. The van der Waals surface area contributed by atoms with Crippen LogP contribution in [0.2, 0.25) is 0 Å². The summed E-state index contributed by atoms with van der Waals surface area (Å²) in [5.41, 5.74) is 6.06. The Kier molecular flexibility index (Phi) is 9.08. The summed E-state index contributed by atoms with van der Waals surface area (Å²) in [6, 6.07) is -0.612. The minimum absolute atomic E-state index is 0.205. The lowest BCUT2D eigenvalue weighted by atomic mass is 10.1. The number of likely N-dealkylation sites (N-methyl/N-ethyl adjacent to an activating group) is 1. The van der Waals surface area contributed by atoms with Crippen molar-refractivity contribution in [1.29, 1.82) is 0 Å². The summed E-state index contributed by atoms with van der Waals surface area (Å²) in [6.07, 6.45) is -1.37. The van der Waals surface area contributed by atoms with Gasteiger partial charge in [0.05, 0.1) is 6.33 Å². The monoisotopic (exact) mass is 353 g/mol. The smallest absolute Gasteiger partial charge is 0.475 e. The van der Waals surface area contributed by atoms with Crippen LogP contribution in [0.25, 0.3) is 0 Å². The largest absolute Gasteiger partial charge is 0.490 e. The molecule has 12 heteroatoms. The van der Waals surface area contributed by atoms with Crippen LogP contribution in [0.1, 0.15) is 12.1 Å². The summed E-state index contributed by atoms with van der Waals surface area (Å²) in [4.78, 5) is 38.6. The van der Waals surface area contributed by atoms with Crippen molar-refractivity contribution in [1.82, 2.24) is 20.6 Å². The number of nitrogens with two attached hydrogens (primary N) is 1. The predicted octanol–water partition coefficient (Wildman–Crippen LogP) is -0.835. The number of nitrogens with zero attached hydrogens (tertiary/aromatic N) is 1. The van der Waals surface area contributed by atoms with Crippen LogP contribution in [-0.2, 0) is 20.8 Å². The van der Waals surface area contributed by atoms with E-state index in [2.05, 4.69) is 20.6 Å². The van der Waals surface area contributed by atoms with Crippen molar-refractivity contribution >= 4 is 17.8 Å². The number of carbonyl (C=O) groups is 3. The predicted molar refractivity (Wildman–Crippen MR) is 75.7 cm³/mol. The van der Waals surface area contributed by atoms with Crippen LogP contribution in [0.3, 0.4) is 0 Å². The molecule has 0 aliphatic rings. The number of aliphatic carboxylic acids is 1. The van der Waals surface area contributed by atoms with Crippen LogP contribution >= 0.6 is 0 Å². The Bertz CT molecular complexity index is 533. The van der Waals surface area contributed by atoms with Crippen LogP contribution in [0, 0.1) is 0 Å². The zero-order chi connectivity index (χ0) is 18.8. The Morgan fingerprint density at radius 1 is 1.42 bits per heavy atom. The fourth-order valence-corrected chi connectivity index (χ4v) is 1.40. The zero-order valence-corrected chi connectivity index (χ0v) is 12.7. The average molecular weight is 353 g/mol. The third-order valence-corrected chi connectivity index (χ3v) is 2.49. The van der Waals surface area contributed by atoms with Gasteiger partial charge in [0, 0.05) is 38.3 Å². The molecule has 0 bridgehead atoms. The topological polar surface area (TPSA) is 150 Å². The van der Waals surface area contributed by atoms with E-state index in [0.717, 1.165) is 5.69 Å². The van der Waals surface area contributed by atoms with Crippen molar-refractivity contribution in [2.45, 2.75) is 25.1 Å². The van der Waals surface area contributed by atoms with Crippen LogP contribution in [-0.4, -0.2) is 58.7 Å². The molecule has 2 amide bonds. The maximum absolute atomic E-state index is 11.6. The van der Waals surface area contributed by atoms with Gasteiger partial charge in [-0.15, -0.1) is 0 Å². The third kappa shape index (κ3) is 8.73. The standard InChI is InChI=1S/C10H17N5O2.C2HF3O2/c1-12-10(17)8(15-9(16)2-3-11)4-7-5-13-6-14-7;3-2(4,5)1(6)7/h5-6,8H,2-4,11H2,1H3,(H,12,17)(H,13,14)(H,15,16);(H,6,7)/t8-;/m0./s1. The molecule has 0 aliphatic carbocycles. The molecule has 1 rings (SSSR count). The molecule has 1 aromatic rings. The molecule has 1 aromatic heterocycles. The summed E-state index contributed by atoms with van der Waals surface area (Å²) < 4.78 is 31.7. The number of alkyl halides is 3. The molecule has 0 fully saturated rings. The second-order valence-corrected chi connectivity index (χ2v) is 4.36. The molecule has 0 aliphatic heterocycles. The molecule has 0 aromatic carbocycles. The van der Waals surface area contributed by atoms with E-state index in [0.29, 0.717) is 6.42 Å². The molecule has 0 saturated carbocycles. The van der Waals surface area contributed by atoms with Gasteiger partial charge in [-0.05, 0) is 0 Å². The number of hydrogen-bond acceptors (Lipinski definition) is 5. The lowest BCUT2D eigenvalue weighted by molar-refractivity contribution is -0.192. The summed E-state index contributed by atoms with van der Waals surface area (Å²) in [7, 11) is 1.53. The number of H-pyrrole nitrogens is 1. The fourth-order valence-electron chi connectivity index (χ4n) is 1.40. The number of aromatic amines is 1. The molecule has 1 atom stereocenters. The Labute approximate surface area is 134 Å². The van der Waals surface area contributed by atoms with Gasteiger partial charge in [-0.3, -0.25) is 9.59 Å². The molecular formula is C12H18F3N5O4. The number of carboxylic acids is 1. The quantitative estimate of drug-likeness (QED) is 0.450. The normalized spacial score (nSPS) is 11.7. The van der Waals surface area contributed by atoms with Gasteiger partial charge in [0.15, 0.2) is 0 Å². The van der Waals surface area contributed by atoms with E-state index in [1.165, 1.54) is 13.4 Å². The number of hydrogen-bond donors (Lipinski definition) is 5. The van der Waals surface area contributed by atoms with Gasteiger partial charge in [0.2, 0.25) is 11.8 Å². The lowest BCUT2D eigenvalue weighted by Gasteiger charge is -2.16. The first kappa shape index (κ1) is 21.4. The van der Waals surface area contributed by atoms with E-state index in [1.54, 1.807) is 6.20 Å². The Morgan fingerprint density at radius 3 is 2.38 bits per heavy atom. The molecular weight excluding hydrogens is 335 g/mol. The van der Waals surface area contributed by atoms with Crippen molar-refractivity contribution in [3.8, 4) is 0 Å². The number of rotatable bonds is 6. The summed E-state index contributed by atoms with van der Waals surface area (Å²) in [5, 5.41) is 12.3. The van der Waals surface area contributed by atoms with Crippen LogP contribution in [0.4, 0.5) is 13.2 Å². The zero-order valence-electron chi connectivity index (χ0n) is 12.7. The number of nitrogens with one attached hydrogen (secondary N) is 3. The van der Waals surface area contributed by atoms with E-state index in [4.69, 9.17) is 15.6 Å². The Balaban J connectivity index is 0.000000640. The number of carbonyl (C=O) groups excluding carboxylic acids is 2. The summed E-state index contributed by atoms with van der Waals surface area (Å²) >= 11 is 0. The van der Waals surface area contributed by atoms with Crippen molar-refractivity contribution in [3.63, 3.8) is 0 Å². The highest BCUT2D eigenvalue weighted by molar-refractivity contribution is 5.87. The van der Waals surface area contributed by atoms with E-state index >= 15 is 0 Å². The molecule has 0 unspecified atom stereocenters. The number of carboxylic acid groups (broad SMARTS) is 1. The second-order valence-electron chi connectivity index (χ2n) is 4.36. The molecule has 24 heavy (non-hydrogen) atoms. The van der Waals surface area contributed by atoms with Crippen molar-refractivity contribution in [2.75, 3.05) is 13.6 Å². The van der Waals surface area contributed by atoms with Gasteiger partial charge in [-0.1, -0.05) is 0 Å². The van der Waals surface area contributed by atoms with Gasteiger partial charge in [0.25, 0.3) is 0 Å². The average Bonchev–Trinajstić information content (AvgIpc) is 2.98. The highest BCUT2D eigenvalue weighted by atomic mass is 19.4. The van der Waals surface area contributed by atoms with Crippen LogP contribution < -0.4 is 16.4 Å². The maximum atomic E-state index is 11.6. The summed E-state index contributed by atoms with van der Waals surface area (Å²) in [5.74, 6) is -3.24. The van der Waals surface area contributed by atoms with E-state index in [1.807, 2.05) is 0 Å². The number of aromatic nitrogens is 2. The van der Waals surface area contributed by atoms with Crippen molar-refractivity contribution in [2.24, 2.45) is 5.73 Å². The van der Waals surface area contributed by atoms with Crippen molar-refractivity contribution in [3.05, 3.63) is 18.2 Å².